The summed E-state index contributed by atoms with van der Waals surface area (Å²) < 4.78 is 11.9. The number of amides is 1. The molecule has 2 saturated carbocycles. The van der Waals surface area contributed by atoms with Crippen LogP contribution in [0.1, 0.15) is 53.9 Å². The number of rotatable bonds is 4. The van der Waals surface area contributed by atoms with Crippen LogP contribution in [-0.4, -0.2) is 37.4 Å². The average molecular weight is 322 g/mol. The molecule has 5 heteroatoms. The molecule has 0 heterocycles. The Hall–Kier alpha value is -1.12. The monoisotopic (exact) mass is 322 g/mol. The molecule has 130 valence electrons. The molecule has 1 amide bonds. The average Bonchev–Trinajstić information content (AvgIpc) is 2.49. The van der Waals surface area contributed by atoms with E-state index in [-0.39, 0.29) is 47.0 Å². The topological polar surface area (TPSA) is 71.3 Å². The zero-order valence-corrected chi connectivity index (χ0v) is 15.2. The van der Waals surface area contributed by atoms with Crippen LogP contribution in [0.2, 0.25) is 0 Å². The lowest BCUT2D eigenvalue weighted by Gasteiger charge is -2.64. The van der Waals surface area contributed by atoms with E-state index in [1.165, 1.54) is 0 Å². The van der Waals surface area contributed by atoms with Gasteiger partial charge in [-0.05, 0) is 12.8 Å². The molecule has 23 heavy (non-hydrogen) atoms. The number of hydrogen-bond donors (Lipinski definition) is 1. The second-order valence-corrected chi connectivity index (χ2v) is 8.24. The van der Waals surface area contributed by atoms with E-state index in [4.69, 9.17) is 9.47 Å². The molecule has 2 aliphatic rings. The third-order valence-electron chi connectivity index (χ3n) is 5.73. The van der Waals surface area contributed by atoms with Crippen LogP contribution >= 0.6 is 0 Å². The van der Waals surface area contributed by atoms with Gasteiger partial charge in [-0.2, -0.15) is 5.26 Å². The largest absolute Gasteiger partial charge is 0.380 e. The molecule has 0 aromatic carbocycles. The van der Waals surface area contributed by atoms with E-state index in [1.807, 2.05) is 0 Å². The Labute approximate surface area is 139 Å². The van der Waals surface area contributed by atoms with Crippen LogP contribution in [0.25, 0.3) is 0 Å². The summed E-state index contributed by atoms with van der Waals surface area (Å²) in [6, 6.07) is 2.44. The number of ether oxygens (including phenoxy) is 2. The molecular weight excluding hydrogens is 292 g/mol. The van der Waals surface area contributed by atoms with Crippen molar-refractivity contribution in [2.75, 3.05) is 7.11 Å². The van der Waals surface area contributed by atoms with Gasteiger partial charge in [-0.1, -0.05) is 27.7 Å². The highest BCUT2D eigenvalue weighted by atomic mass is 16.5. The van der Waals surface area contributed by atoms with Gasteiger partial charge in [0, 0.05) is 37.3 Å². The molecule has 0 aromatic heterocycles. The van der Waals surface area contributed by atoms with Gasteiger partial charge < -0.3 is 14.8 Å². The summed E-state index contributed by atoms with van der Waals surface area (Å²) in [5, 5.41) is 12.3. The highest BCUT2D eigenvalue weighted by molar-refractivity contribution is 5.73. The second kappa shape index (κ2) is 6.41. The fraction of sp³-hybridized carbons (Fsp3) is 0.889. The standard InChI is InChI=1S/C18H30N2O3/c1-11(21)20-15-17(2,3)16(18(15,4)5)23-13-8-7-12(10-19)14(9-13)22-6/h12-16H,7-9H2,1-6H3,(H,20,21). The lowest BCUT2D eigenvalue weighted by Crippen LogP contribution is -2.74. The van der Waals surface area contributed by atoms with Crippen LogP contribution in [0, 0.1) is 28.1 Å². The Balaban J connectivity index is 2.03. The number of nitrogens with one attached hydrogen (secondary N) is 1. The van der Waals surface area contributed by atoms with Crippen LogP contribution in [0.15, 0.2) is 0 Å². The smallest absolute Gasteiger partial charge is 0.217 e. The predicted molar refractivity (Wildman–Crippen MR) is 87.6 cm³/mol. The van der Waals surface area contributed by atoms with Crippen molar-refractivity contribution in [3.8, 4) is 6.07 Å². The summed E-state index contributed by atoms with van der Waals surface area (Å²) in [6.07, 6.45) is 2.63. The lowest BCUT2D eigenvalue weighted by molar-refractivity contribution is -0.238. The van der Waals surface area contributed by atoms with Crippen LogP contribution in [0.4, 0.5) is 0 Å². The van der Waals surface area contributed by atoms with Crippen molar-refractivity contribution in [1.82, 2.24) is 5.32 Å². The Morgan fingerprint density at radius 1 is 1.22 bits per heavy atom. The van der Waals surface area contributed by atoms with Crippen LogP contribution in [0.5, 0.6) is 0 Å². The third-order valence-corrected chi connectivity index (χ3v) is 5.73. The lowest BCUT2D eigenvalue weighted by atomic mass is 9.49. The Bertz CT molecular complexity index is 479. The second-order valence-electron chi connectivity index (χ2n) is 8.24. The maximum absolute atomic E-state index is 11.5. The van der Waals surface area contributed by atoms with Crippen molar-refractivity contribution in [1.29, 1.82) is 5.26 Å². The maximum atomic E-state index is 11.5. The van der Waals surface area contributed by atoms with Gasteiger partial charge in [0.15, 0.2) is 0 Å². The quantitative estimate of drug-likeness (QED) is 0.864. The molecule has 2 rings (SSSR count). The highest BCUT2D eigenvalue weighted by Crippen LogP contribution is 2.56. The van der Waals surface area contributed by atoms with E-state index < -0.39 is 0 Å². The number of carbonyl (C=O) groups excluding carboxylic acids is 1. The van der Waals surface area contributed by atoms with Crippen molar-refractivity contribution in [2.45, 2.75) is 78.2 Å². The number of nitriles is 1. The Morgan fingerprint density at radius 2 is 1.83 bits per heavy atom. The fourth-order valence-corrected chi connectivity index (χ4v) is 4.87. The van der Waals surface area contributed by atoms with E-state index in [1.54, 1.807) is 14.0 Å². The van der Waals surface area contributed by atoms with Gasteiger partial charge in [-0.15, -0.1) is 0 Å². The molecule has 0 bridgehead atoms. The summed E-state index contributed by atoms with van der Waals surface area (Å²) in [7, 11) is 1.67. The molecule has 0 radical (unpaired) electrons. The summed E-state index contributed by atoms with van der Waals surface area (Å²) in [4.78, 5) is 11.5. The molecule has 0 aliphatic heterocycles. The molecule has 3 unspecified atom stereocenters. The van der Waals surface area contributed by atoms with Gasteiger partial charge in [0.05, 0.1) is 30.3 Å². The number of carbonyl (C=O) groups is 1. The first-order valence-corrected chi connectivity index (χ1v) is 8.49. The van der Waals surface area contributed by atoms with Gasteiger partial charge in [-0.3, -0.25) is 4.79 Å². The van der Waals surface area contributed by atoms with E-state index in [2.05, 4.69) is 39.1 Å². The minimum absolute atomic E-state index is 0.00331. The van der Waals surface area contributed by atoms with Gasteiger partial charge >= 0.3 is 0 Å². The van der Waals surface area contributed by atoms with E-state index in [0.717, 1.165) is 19.3 Å². The predicted octanol–water partition coefficient (Wildman–Crippen LogP) is 2.65. The van der Waals surface area contributed by atoms with Crippen LogP contribution in [-0.2, 0) is 14.3 Å². The summed E-state index contributed by atoms with van der Waals surface area (Å²) in [5.74, 6) is -0.0297. The van der Waals surface area contributed by atoms with Gasteiger partial charge in [0.1, 0.15) is 0 Å². The molecular formula is C18H30N2O3. The maximum Gasteiger partial charge on any atom is 0.217 e. The molecule has 2 aliphatic carbocycles. The van der Waals surface area contributed by atoms with Crippen molar-refractivity contribution >= 4 is 5.91 Å². The first-order chi connectivity index (χ1) is 10.6. The zero-order valence-electron chi connectivity index (χ0n) is 15.2. The molecule has 3 atom stereocenters. The van der Waals surface area contributed by atoms with Gasteiger partial charge in [-0.25, -0.2) is 0 Å². The minimum Gasteiger partial charge on any atom is -0.380 e. The zero-order chi connectivity index (χ0) is 17.4. The summed E-state index contributed by atoms with van der Waals surface area (Å²) in [6.45, 7) is 10.2. The van der Waals surface area contributed by atoms with E-state index in [9.17, 15) is 10.1 Å². The number of nitrogens with zero attached hydrogens (tertiary/aromatic N) is 1. The normalized spacial score (nSPS) is 38.2. The molecule has 2 fully saturated rings. The summed E-state index contributed by atoms with van der Waals surface area (Å²) in [5.41, 5.74) is -0.215. The fourth-order valence-electron chi connectivity index (χ4n) is 4.87. The van der Waals surface area contributed by atoms with Crippen molar-refractivity contribution in [3.63, 3.8) is 0 Å². The third kappa shape index (κ3) is 3.25. The summed E-state index contributed by atoms with van der Waals surface area (Å²) >= 11 is 0. The molecule has 0 aromatic rings. The van der Waals surface area contributed by atoms with Gasteiger partial charge in [0.2, 0.25) is 5.91 Å². The first-order valence-electron chi connectivity index (χ1n) is 8.49. The Morgan fingerprint density at radius 3 is 2.30 bits per heavy atom. The van der Waals surface area contributed by atoms with Crippen molar-refractivity contribution in [3.05, 3.63) is 0 Å². The molecule has 0 saturated heterocycles. The molecule has 1 N–H and O–H groups in total. The molecule has 0 spiro atoms. The molecule has 5 nitrogen and oxygen atoms in total. The van der Waals surface area contributed by atoms with Gasteiger partial charge in [0.25, 0.3) is 0 Å². The van der Waals surface area contributed by atoms with Crippen molar-refractivity contribution in [2.24, 2.45) is 16.7 Å². The van der Waals surface area contributed by atoms with Crippen molar-refractivity contribution < 1.29 is 14.3 Å². The van der Waals surface area contributed by atoms with Crippen LogP contribution in [0.3, 0.4) is 0 Å². The minimum atomic E-state index is -0.107. The Kier molecular flexibility index (Phi) is 5.08. The van der Waals surface area contributed by atoms with Crippen LogP contribution < -0.4 is 5.32 Å². The number of methoxy groups -OCH3 is 1. The van der Waals surface area contributed by atoms with E-state index >= 15 is 0 Å². The first kappa shape index (κ1) is 18.2. The number of hydrogen-bond acceptors (Lipinski definition) is 4. The van der Waals surface area contributed by atoms with E-state index in [0.29, 0.717) is 0 Å². The highest BCUT2D eigenvalue weighted by Gasteiger charge is 2.63. The SMILES string of the molecule is COC1CC(OC2C(C)(C)C(NC(C)=O)C2(C)C)CCC1C#N.